The van der Waals surface area contributed by atoms with E-state index in [1.54, 1.807) is 24.3 Å². The van der Waals surface area contributed by atoms with Crippen LogP contribution in [0.5, 0.6) is 5.95 Å². The molecule has 1 unspecified atom stereocenters. The predicted octanol–water partition coefficient (Wildman–Crippen LogP) is 3.74. The number of carbonyl (C=O) groups excluding carboxylic acids is 2. The Morgan fingerprint density at radius 3 is 2.21 bits per heavy atom. The third-order valence-electron chi connectivity index (χ3n) is 6.71. The maximum atomic E-state index is 13.6. The molecule has 2 amide bonds. The molecule has 0 spiro atoms. The van der Waals surface area contributed by atoms with Gasteiger partial charge in [0.1, 0.15) is 0 Å². The Morgan fingerprint density at radius 2 is 1.55 bits per heavy atom. The molecule has 0 bridgehead atoms. The van der Waals surface area contributed by atoms with Gasteiger partial charge in [-0.25, -0.2) is 4.90 Å². The van der Waals surface area contributed by atoms with Crippen molar-refractivity contribution in [2.75, 3.05) is 4.90 Å². The summed E-state index contributed by atoms with van der Waals surface area (Å²) in [5, 5.41) is 24.9. The maximum Gasteiger partial charge on any atom is 0.254 e. The number of aromatic nitrogens is 2. The van der Waals surface area contributed by atoms with Crippen LogP contribution in [0.1, 0.15) is 25.0 Å². The van der Waals surface area contributed by atoms with Gasteiger partial charge in [-0.2, -0.15) is 10.2 Å². The summed E-state index contributed by atoms with van der Waals surface area (Å²) in [5.74, 6) is -1.16. The van der Waals surface area contributed by atoms with Crippen LogP contribution in [0, 0.1) is 0 Å². The summed E-state index contributed by atoms with van der Waals surface area (Å²) in [6, 6.07) is 24.8. The zero-order valence-corrected chi connectivity index (χ0v) is 20.4. The van der Waals surface area contributed by atoms with Gasteiger partial charge in [0.25, 0.3) is 11.6 Å². The molecule has 1 saturated heterocycles. The molecule has 2 heterocycles. The second-order valence-electron chi connectivity index (χ2n) is 9.30. The minimum Gasteiger partial charge on any atom is -0.539 e. The van der Waals surface area contributed by atoms with Crippen LogP contribution in [0.2, 0.25) is 0 Å². The van der Waals surface area contributed by atoms with E-state index in [1.807, 2.05) is 65.6 Å². The molecule has 2 aliphatic rings. The van der Waals surface area contributed by atoms with Gasteiger partial charge in [0.15, 0.2) is 5.95 Å². The summed E-state index contributed by atoms with van der Waals surface area (Å²) < 4.78 is 6.42. The van der Waals surface area contributed by atoms with Crippen molar-refractivity contribution >= 4 is 28.9 Å². The fraction of sp³-hybridized carbons (Fsp3) is 0.214. The van der Waals surface area contributed by atoms with E-state index in [0.29, 0.717) is 22.8 Å². The van der Waals surface area contributed by atoms with Crippen LogP contribution in [0.25, 0.3) is 5.69 Å². The Labute approximate surface area is 218 Å². The van der Waals surface area contributed by atoms with Crippen LogP contribution in [-0.2, 0) is 16.1 Å². The molecule has 190 valence electrons. The fourth-order valence-electron chi connectivity index (χ4n) is 4.67. The van der Waals surface area contributed by atoms with Crippen molar-refractivity contribution in [3.8, 4) is 11.6 Å². The van der Waals surface area contributed by atoms with Crippen LogP contribution >= 0.6 is 0 Å². The largest absolute Gasteiger partial charge is 0.539 e. The Balaban J connectivity index is 1.21. The molecule has 3 aromatic carbocycles. The lowest BCUT2D eigenvalue weighted by atomic mass is 10.2. The average Bonchev–Trinajstić information content (AvgIpc) is 3.67. The second kappa shape index (κ2) is 9.98. The SMILES string of the molecule is O=C1CC(N(Cc2c([O-])on[n+]2-c2ccccc2)C2CC2)C(=O)N1c1ccc(N=Nc2ccccc2)cc1. The number of carbonyl (C=O) groups is 2. The summed E-state index contributed by atoms with van der Waals surface area (Å²) in [4.78, 5) is 29.7. The minimum absolute atomic E-state index is 0.0373. The standard InChI is InChI=1S/C28H24N6O4/c35-26-17-24(27(36)33(26)22-13-11-20(12-14-22)30-29-19-7-3-1-4-8-19)32(21-15-16-21)18-25-28(37)38-31-34(25)23-9-5-2-6-10-23/h1-14,21,24H,15-18H2. The average molecular weight is 509 g/mol. The molecule has 2 fully saturated rings. The third kappa shape index (κ3) is 4.69. The molecule has 10 heteroatoms. The summed E-state index contributed by atoms with van der Waals surface area (Å²) >= 11 is 0. The number of rotatable bonds is 8. The lowest BCUT2D eigenvalue weighted by Crippen LogP contribution is -2.46. The quantitative estimate of drug-likeness (QED) is 0.203. The Morgan fingerprint density at radius 1 is 0.921 bits per heavy atom. The van der Waals surface area contributed by atoms with Crippen molar-refractivity contribution < 1.29 is 23.9 Å². The van der Waals surface area contributed by atoms with E-state index in [0.717, 1.165) is 18.5 Å². The van der Waals surface area contributed by atoms with E-state index < -0.39 is 12.0 Å². The topological polar surface area (TPSA) is 118 Å². The number of hydrogen-bond acceptors (Lipinski definition) is 8. The monoisotopic (exact) mass is 508 g/mol. The molecule has 1 aliphatic heterocycles. The number of azo groups is 1. The number of benzene rings is 3. The minimum atomic E-state index is -0.675. The van der Waals surface area contributed by atoms with E-state index in [-0.39, 0.29) is 30.8 Å². The van der Waals surface area contributed by atoms with Crippen LogP contribution in [0.15, 0.2) is 99.7 Å². The van der Waals surface area contributed by atoms with Crippen molar-refractivity contribution in [1.29, 1.82) is 0 Å². The molecule has 0 N–H and O–H groups in total. The highest BCUT2D eigenvalue weighted by molar-refractivity contribution is 6.22. The van der Waals surface area contributed by atoms with Crippen molar-refractivity contribution in [2.24, 2.45) is 10.2 Å². The van der Waals surface area contributed by atoms with E-state index in [4.69, 9.17) is 4.52 Å². The Kier molecular flexibility index (Phi) is 6.22. The van der Waals surface area contributed by atoms with Gasteiger partial charge in [-0.05, 0) is 53.9 Å². The molecule has 1 aromatic heterocycles. The summed E-state index contributed by atoms with van der Waals surface area (Å²) in [7, 11) is 0. The molecular formula is C28H24N6O4. The van der Waals surface area contributed by atoms with E-state index in [1.165, 1.54) is 9.58 Å². The zero-order chi connectivity index (χ0) is 26.1. The van der Waals surface area contributed by atoms with Crippen LogP contribution in [-0.4, -0.2) is 34.1 Å². The first-order valence-corrected chi connectivity index (χ1v) is 12.4. The first-order valence-electron chi connectivity index (χ1n) is 12.4. The number of nitrogens with zero attached hydrogens (tertiary/aromatic N) is 6. The van der Waals surface area contributed by atoms with Crippen LogP contribution < -0.4 is 14.7 Å². The van der Waals surface area contributed by atoms with Crippen LogP contribution in [0.4, 0.5) is 17.1 Å². The van der Waals surface area contributed by atoms with Crippen molar-refractivity contribution in [3.63, 3.8) is 0 Å². The molecule has 1 saturated carbocycles. The lowest BCUT2D eigenvalue weighted by Gasteiger charge is -2.25. The number of amides is 2. The molecule has 0 radical (unpaired) electrons. The predicted molar refractivity (Wildman–Crippen MR) is 134 cm³/mol. The van der Waals surface area contributed by atoms with E-state index in [2.05, 4.69) is 15.5 Å². The van der Waals surface area contributed by atoms with Gasteiger partial charge in [0, 0.05) is 18.2 Å². The van der Waals surface area contributed by atoms with Gasteiger partial charge < -0.3 is 9.63 Å². The maximum absolute atomic E-state index is 13.6. The van der Waals surface area contributed by atoms with E-state index in [9.17, 15) is 14.7 Å². The lowest BCUT2D eigenvalue weighted by molar-refractivity contribution is -0.678. The highest BCUT2D eigenvalue weighted by atomic mass is 16.6. The molecule has 4 aromatic rings. The number of anilines is 1. The van der Waals surface area contributed by atoms with Gasteiger partial charge in [-0.1, -0.05) is 36.4 Å². The normalized spacial score (nSPS) is 17.7. The Bertz CT molecular complexity index is 1480. The van der Waals surface area contributed by atoms with Crippen molar-refractivity contribution in [3.05, 3.63) is 90.6 Å². The second-order valence-corrected chi connectivity index (χ2v) is 9.30. The zero-order valence-electron chi connectivity index (χ0n) is 20.4. The smallest absolute Gasteiger partial charge is 0.254 e. The highest BCUT2D eigenvalue weighted by Gasteiger charge is 2.48. The fourth-order valence-corrected chi connectivity index (χ4v) is 4.67. The first kappa shape index (κ1) is 23.7. The van der Waals surface area contributed by atoms with Gasteiger partial charge >= 0.3 is 0 Å². The van der Waals surface area contributed by atoms with Crippen LogP contribution in [0.3, 0.4) is 0 Å². The summed E-state index contributed by atoms with van der Waals surface area (Å²) in [6.45, 7) is 0.151. The van der Waals surface area contributed by atoms with E-state index >= 15 is 0 Å². The van der Waals surface area contributed by atoms with Gasteiger partial charge in [-0.15, -0.1) is 0 Å². The van der Waals surface area contributed by atoms with Gasteiger partial charge in [0.2, 0.25) is 11.6 Å². The molecule has 10 nitrogen and oxygen atoms in total. The summed E-state index contributed by atoms with van der Waals surface area (Å²) in [6.07, 6.45) is 1.82. The molecule has 1 atom stereocenters. The number of hydrogen-bond donors (Lipinski definition) is 0. The molecule has 38 heavy (non-hydrogen) atoms. The summed E-state index contributed by atoms with van der Waals surface area (Å²) in [5.41, 5.74) is 2.81. The Hall–Kier alpha value is -4.70. The third-order valence-corrected chi connectivity index (χ3v) is 6.71. The highest BCUT2D eigenvalue weighted by Crippen LogP contribution is 2.36. The van der Waals surface area contributed by atoms with Gasteiger partial charge in [0.05, 0.1) is 41.3 Å². The van der Waals surface area contributed by atoms with Crippen molar-refractivity contribution in [1.82, 2.24) is 10.2 Å². The first-order chi connectivity index (χ1) is 18.6. The van der Waals surface area contributed by atoms with Crippen molar-refractivity contribution in [2.45, 2.75) is 37.9 Å². The number of imide groups is 1. The van der Waals surface area contributed by atoms with Gasteiger partial charge in [-0.3, -0.25) is 14.5 Å². The molecule has 6 rings (SSSR count). The number of para-hydroxylation sites is 1. The molecular weight excluding hydrogens is 484 g/mol. The molecule has 1 aliphatic carbocycles.